The van der Waals surface area contributed by atoms with Gasteiger partial charge in [0.05, 0.1) is 0 Å². The molecule has 1 aliphatic rings. The number of aryl methyl sites for hydroxylation is 2. The molecule has 0 bridgehead atoms. The second-order valence-corrected chi connectivity index (χ2v) is 7.12. The van der Waals surface area contributed by atoms with E-state index in [2.05, 4.69) is 36.2 Å². The summed E-state index contributed by atoms with van der Waals surface area (Å²) in [6.45, 7) is 6.67. The number of hydrogen-bond acceptors (Lipinski definition) is 7. The fourth-order valence-electron chi connectivity index (χ4n) is 3.46. The quantitative estimate of drug-likeness (QED) is 0.734. The molecular weight excluding hydrogens is 366 g/mol. The van der Waals surface area contributed by atoms with Crippen LogP contribution in [0.15, 0.2) is 49.1 Å². The summed E-state index contributed by atoms with van der Waals surface area (Å²) in [4.78, 5) is 33.8. The highest BCUT2D eigenvalue weighted by Crippen LogP contribution is 2.19. The van der Waals surface area contributed by atoms with E-state index in [4.69, 9.17) is 0 Å². The lowest BCUT2D eigenvalue weighted by Crippen LogP contribution is -2.49. The first-order valence-electron chi connectivity index (χ1n) is 9.57. The van der Waals surface area contributed by atoms with Gasteiger partial charge in [0, 0.05) is 50.3 Å². The molecule has 0 saturated carbocycles. The molecule has 1 aromatic carbocycles. The Bertz CT molecular complexity index is 981. The smallest absolute Gasteiger partial charge is 0.272 e. The number of piperazine rings is 1. The number of carbonyl (C=O) groups excluding carboxylic acids is 1. The number of hydrogen-bond donors (Lipinski definition) is 1. The Morgan fingerprint density at radius 3 is 2.28 bits per heavy atom. The molecule has 8 nitrogen and oxygen atoms in total. The lowest BCUT2D eigenvalue weighted by Gasteiger charge is -2.34. The van der Waals surface area contributed by atoms with Crippen LogP contribution in [0.3, 0.4) is 0 Å². The van der Waals surface area contributed by atoms with E-state index in [1.165, 1.54) is 6.33 Å². The summed E-state index contributed by atoms with van der Waals surface area (Å²) in [5, 5.41) is 3.27. The van der Waals surface area contributed by atoms with Crippen molar-refractivity contribution < 1.29 is 4.79 Å². The van der Waals surface area contributed by atoms with Gasteiger partial charge >= 0.3 is 0 Å². The number of rotatable bonds is 4. The van der Waals surface area contributed by atoms with Gasteiger partial charge in [-0.15, -0.1) is 0 Å². The van der Waals surface area contributed by atoms with Crippen molar-refractivity contribution in [1.29, 1.82) is 0 Å². The average Bonchev–Trinajstić information content (AvgIpc) is 2.73. The summed E-state index contributed by atoms with van der Waals surface area (Å²) < 4.78 is 0. The number of nitrogens with zero attached hydrogens (tertiary/aromatic N) is 6. The van der Waals surface area contributed by atoms with Gasteiger partial charge in [0.1, 0.15) is 17.8 Å². The van der Waals surface area contributed by atoms with Crippen molar-refractivity contribution in [3.63, 3.8) is 0 Å². The molecule has 29 heavy (non-hydrogen) atoms. The predicted octanol–water partition coefficient (Wildman–Crippen LogP) is 2.59. The van der Waals surface area contributed by atoms with Crippen LogP contribution < -0.4 is 10.2 Å². The van der Waals surface area contributed by atoms with Crippen LogP contribution in [-0.4, -0.2) is 56.9 Å². The van der Waals surface area contributed by atoms with Crippen molar-refractivity contribution in [3.8, 4) is 0 Å². The molecule has 4 rings (SSSR count). The Hall–Kier alpha value is -3.55. The van der Waals surface area contributed by atoms with Gasteiger partial charge in [-0.1, -0.05) is 6.07 Å². The molecule has 1 amide bonds. The van der Waals surface area contributed by atoms with Gasteiger partial charge in [-0.25, -0.2) is 19.9 Å². The van der Waals surface area contributed by atoms with Crippen molar-refractivity contribution in [2.45, 2.75) is 13.8 Å². The minimum absolute atomic E-state index is 0.0931. The average molecular weight is 389 g/mol. The third-order valence-electron chi connectivity index (χ3n) is 4.78. The first kappa shape index (κ1) is 18.8. The van der Waals surface area contributed by atoms with Crippen molar-refractivity contribution in [1.82, 2.24) is 24.8 Å². The highest BCUT2D eigenvalue weighted by molar-refractivity contribution is 5.93. The molecule has 3 aromatic rings. The third kappa shape index (κ3) is 4.48. The van der Waals surface area contributed by atoms with Gasteiger partial charge in [-0.2, -0.15) is 0 Å². The molecule has 0 radical (unpaired) electrons. The van der Waals surface area contributed by atoms with Crippen LogP contribution in [-0.2, 0) is 0 Å². The van der Waals surface area contributed by atoms with Crippen LogP contribution in [0, 0.1) is 13.8 Å². The van der Waals surface area contributed by atoms with Gasteiger partial charge in [0.15, 0.2) is 0 Å². The van der Waals surface area contributed by atoms with Crippen LogP contribution in [0.1, 0.15) is 21.6 Å². The fraction of sp³-hybridized carbons (Fsp3) is 0.286. The summed E-state index contributed by atoms with van der Waals surface area (Å²) in [6.07, 6.45) is 4.88. The molecular formula is C21H23N7O. The van der Waals surface area contributed by atoms with E-state index >= 15 is 0 Å². The molecule has 1 aliphatic heterocycles. The monoisotopic (exact) mass is 389 g/mol. The van der Waals surface area contributed by atoms with Crippen LogP contribution in [0.5, 0.6) is 0 Å². The summed E-state index contributed by atoms with van der Waals surface area (Å²) >= 11 is 0. The molecule has 1 saturated heterocycles. The number of carbonyl (C=O) groups is 1. The van der Waals surface area contributed by atoms with Crippen LogP contribution >= 0.6 is 0 Å². The van der Waals surface area contributed by atoms with Gasteiger partial charge in [0.25, 0.3) is 5.91 Å². The van der Waals surface area contributed by atoms with Crippen molar-refractivity contribution in [2.24, 2.45) is 0 Å². The lowest BCUT2D eigenvalue weighted by atomic mass is 10.1. The largest absolute Gasteiger partial charge is 0.340 e. The third-order valence-corrected chi connectivity index (χ3v) is 4.78. The maximum absolute atomic E-state index is 12.9. The summed E-state index contributed by atoms with van der Waals surface area (Å²) in [6, 6.07) is 9.69. The molecule has 8 heteroatoms. The fourth-order valence-corrected chi connectivity index (χ4v) is 3.46. The molecule has 0 spiro atoms. The van der Waals surface area contributed by atoms with Gasteiger partial charge in [-0.3, -0.25) is 4.79 Å². The van der Waals surface area contributed by atoms with Crippen molar-refractivity contribution >= 4 is 23.4 Å². The zero-order valence-corrected chi connectivity index (χ0v) is 16.5. The molecule has 1 fully saturated rings. The van der Waals surface area contributed by atoms with E-state index in [1.807, 2.05) is 30.9 Å². The number of amides is 1. The van der Waals surface area contributed by atoms with Crippen molar-refractivity contribution in [3.05, 3.63) is 65.9 Å². The maximum Gasteiger partial charge on any atom is 0.272 e. The minimum atomic E-state index is -0.0931. The molecule has 1 N–H and O–H groups in total. The molecule has 3 heterocycles. The van der Waals surface area contributed by atoms with Gasteiger partial charge in [0.2, 0.25) is 5.95 Å². The van der Waals surface area contributed by atoms with E-state index in [1.54, 1.807) is 24.5 Å². The summed E-state index contributed by atoms with van der Waals surface area (Å²) in [5.41, 5.74) is 3.66. The number of anilines is 3. The standard InChI is InChI=1S/C21H23N7O/c1-15-10-16(2)12-17(11-15)26-19-13-18(24-14-25-19)20(29)27-6-8-28(9-7-27)21-22-4-3-5-23-21/h3-5,10-14H,6-9H2,1-2H3,(H,24,25,26). The SMILES string of the molecule is Cc1cc(C)cc(Nc2cc(C(=O)N3CCN(c4ncccn4)CC3)ncn2)c1. The van der Waals surface area contributed by atoms with E-state index in [9.17, 15) is 4.79 Å². The normalized spacial score (nSPS) is 14.0. The van der Waals surface area contributed by atoms with Crippen LogP contribution in [0.2, 0.25) is 0 Å². The minimum Gasteiger partial charge on any atom is -0.340 e. The van der Waals surface area contributed by atoms with E-state index in [-0.39, 0.29) is 5.91 Å². The van der Waals surface area contributed by atoms with Crippen molar-refractivity contribution in [2.75, 3.05) is 36.4 Å². The first-order chi connectivity index (χ1) is 14.1. The topological polar surface area (TPSA) is 87.1 Å². The van der Waals surface area contributed by atoms with Gasteiger partial charge < -0.3 is 15.1 Å². The first-order valence-corrected chi connectivity index (χ1v) is 9.57. The number of benzene rings is 1. The van der Waals surface area contributed by atoms with E-state index in [0.717, 1.165) is 16.8 Å². The molecule has 0 aliphatic carbocycles. The second-order valence-electron chi connectivity index (χ2n) is 7.12. The summed E-state index contributed by atoms with van der Waals surface area (Å²) in [5.74, 6) is 1.20. The highest BCUT2D eigenvalue weighted by atomic mass is 16.2. The zero-order valence-electron chi connectivity index (χ0n) is 16.5. The molecule has 2 aromatic heterocycles. The Morgan fingerprint density at radius 1 is 0.897 bits per heavy atom. The number of aromatic nitrogens is 4. The van der Waals surface area contributed by atoms with E-state index < -0.39 is 0 Å². The lowest BCUT2D eigenvalue weighted by molar-refractivity contribution is 0.0740. The highest BCUT2D eigenvalue weighted by Gasteiger charge is 2.24. The number of nitrogens with one attached hydrogen (secondary N) is 1. The second kappa shape index (κ2) is 8.22. The maximum atomic E-state index is 12.9. The Kier molecular flexibility index (Phi) is 5.33. The van der Waals surface area contributed by atoms with Gasteiger partial charge in [-0.05, 0) is 43.2 Å². The molecule has 0 unspecified atom stereocenters. The van der Waals surface area contributed by atoms with Crippen LogP contribution in [0.4, 0.5) is 17.5 Å². The molecule has 0 atom stereocenters. The Morgan fingerprint density at radius 2 is 1.59 bits per heavy atom. The molecule has 148 valence electrons. The zero-order chi connectivity index (χ0) is 20.2. The Balaban J connectivity index is 1.42. The summed E-state index contributed by atoms with van der Waals surface area (Å²) in [7, 11) is 0. The predicted molar refractivity (Wildman–Crippen MR) is 111 cm³/mol. The Labute approximate surface area is 169 Å². The van der Waals surface area contributed by atoms with Crippen LogP contribution in [0.25, 0.3) is 0 Å². The van der Waals surface area contributed by atoms with E-state index in [0.29, 0.717) is 43.6 Å².